The van der Waals surface area contributed by atoms with Gasteiger partial charge < -0.3 is 0 Å². The van der Waals surface area contributed by atoms with Gasteiger partial charge in [-0.1, -0.05) is 31.5 Å². The van der Waals surface area contributed by atoms with Gasteiger partial charge in [-0.3, -0.25) is 0 Å². The quantitative estimate of drug-likeness (QED) is 0.496. The molecule has 0 fully saturated rings. The van der Waals surface area contributed by atoms with Crippen LogP contribution >= 0.6 is 11.3 Å². The molecule has 0 spiro atoms. The number of pyridine rings is 1. The molecule has 0 aliphatic carbocycles. The normalized spacial score (nSPS) is 11.0. The molecular formula is C22H26NS+. The number of benzene rings is 1. The molecule has 0 unspecified atom stereocenters. The SMILES string of the molecule is CCCC[n+]1ccc(-c2cc(C)c(-c3ccc(C)c(C)c3)s2)cc1. The summed E-state index contributed by atoms with van der Waals surface area (Å²) in [6, 6.07) is 13.6. The number of unbranched alkanes of at least 4 members (excludes halogenated alkanes) is 1. The zero-order valence-corrected chi connectivity index (χ0v) is 15.9. The van der Waals surface area contributed by atoms with Gasteiger partial charge in [0.2, 0.25) is 0 Å². The average Bonchev–Trinajstić information content (AvgIpc) is 2.98. The van der Waals surface area contributed by atoms with Crippen LogP contribution in [0, 0.1) is 20.8 Å². The van der Waals surface area contributed by atoms with Crippen LogP contribution in [0.25, 0.3) is 20.9 Å². The van der Waals surface area contributed by atoms with E-state index in [2.05, 4.69) is 81.1 Å². The van der Waals surface area contributed by atoms with Crippen LogP contribution in [-0.2, 0) is 6.54 Å². The molecule has 1 aromatic carbocycles. The molecule has 0 aliphatic rings. The van der Waals surface area contributed by atoms with Crippen LogP contribution in [0.1, 0.15) is 36.5 Å². The lowest BCUT2D eigenvalue weighted by Gasteiger charge is -2.04. The highest BCUT2D eigenvalue weighted by molar-refractivity contribution is 7.19. The Kier molecular flexibility index (Phi) is 5.15. The molecule has 0 N–H and O–H groups in total. The van der Waals surface area contributed by atoms with E-state index in [0.29, 0.717) is 0 Å². The summed E-state index contributed by atoms with van der Waals surface area (Å²) in [7, 11) is 0. The standard InChI is InChI=1S/C22H26NS/c1-5-6-11-23-12-9-19(10-13-23)21-15-18(4)22(24-21)20-8-7-16(2)17(3)14-20/h7-10,12-15H,5-6,11H2,1-4H3/q+1. The van der Waals surface area contributed by atoms with Gasteiger partial charge in [0.1, 0.15) is 6.54 Å². The molecule has 24 heavy (non-hydrogen) atoms. The summed E-state index contributed by atoms with van der Waals surface area (Å²) in [6.07, 6.45) is 6.88. The molecule has 0 saturated heterocycles. The second kappa shape index (κ2) is 7.31. The second-order valence-electron chi connectivity index (χ2n) is 6.60. The Bertz CT molecular complexity index is 828. The minimum atomic E-state index is 1.11. The van der Waals surface area contributed by atoms with Gasteiger partial charge in [-0.25, -0.2) is 4.57 Å². The molecule has 124 valence electrons. The summed E-state index contributed by atoms with van der Waals surface area (Å²) in [5, 5.41) is 0. The van der Waals surface area contributed by atoms with E-state index in [1.807, 2.05) is 11.3 Å². The van der Waals surface area contributed by atoms with Crippen LogP contribution in [0.15, 0.2) is 48.8 Å². The fourth-order valence-electron chi connectivity index (χ4n) is 2.90. The molecule has 0 radical (unpaired) electrons. The Morgan fingerprint density at radius 3 is 2.25 bits per heavy atom. The first-order valence-electron chi connectivity index (χ1n) is 8.76. The maximum absolute atomic E-state index is 2.32. The first-order chi connectivity index (χ1) is 11.6. The fraction of sp³-hybridized carbons (Fsp3) is 0.318. The molecule has 2 aromatic heterocycles. The van der Waals surface area contributed by atoms with E-state index in [1.165, 1.54) is 50.4 Å². The van der Waals surface area contributed by atoms with E-state index < -0.39 is 0 Å². The molecule has 0 aliphatic heterocycles. The van der Waals surface area contributed by atoms with E-state index in [-0.39, 0.29) is 0 Å². The summed E-state index contributed by atoms with van der Waals surface area (Å²) < 4.78 is 2.28. The van der Waals surface area contributed by atoms with Gasteiger partial charge in [-0.05, 0) is 49.1 Å². The predicted molar refractivity (Wildman–Crippen MR) is 105 cm³/mol. The molecule has 0 amide bonds. The molecule has 0 bridgehead atoms. The van der Waals surface area contributed by atoms with Crippen molar-refractivity contribution >= 4 is 11.3 Å². The van der Waals surface area contributed by atoms with Gasteiger partial charge in [-0.2, -0.15) is 0 Å². The largest absolute Gasteiger partial charge is 0.205 e. The third kappa shape index (κ3) is 3.59. The molecular weight excluding hydrogens is 310 g/mol. The Hall–Kier alpha value is -1.93. The van der Waals surface area contributed by atoms with Crippen LogP contribution in [-0.4, -0.2) is 0 Å². The molecule has 2 heterocycles. The Labute approximate surface area is 149 Å². The van der Waals surface area contributed by atoms with Gasteiger partial charge in [0.05, 0.1) is 0 Å². The van der Waals surface area contributed by atoms with Gasteiger partial charge >= 0.3 is 0 Å². The van der Waals surface area contributed by atoms with E-state index in [9.17, 15) is 0 Å². The smallest absolute Gasteiger partial charge is 0.169 e. The minimum absolute atomic E-state index is 1.11. The molecule has 0 saturated carbocycles. The van der Waals surface area contributed by atoms with Crippen molar-refractivity contribution in [3.05, 3.63) is 65.5 Å². The highest BCUT2D eigenvalue weighted by atomic mass is 32.1. The first-order valence-corrected chi connectivity index (χ1v) is 9.57. The van der Waals surface area contributed by atoms with Crippen LogP contribution in [0.3, 0.4) is 0 Å². The zero-order chi connectivity index (χ0) is 17.1. The summed E-state index contributed by atoms with van der Waals surface area (Å²) >= 11 is 1.89. The summed E-state index contributed by atoms with van der Waals surface area (Å²) in [6.45, 7) is 9.92. The molecule has 0 atom stereocenters. The predicted octanol–water partition coefficient (Wildman–Crippen LogP) is 6.09. The lowest BCUT2D eigenvalue weighted by atomic mass is 10.0. The van der Waals surface area contributed by atoms with Gasteiger partial charge in [-0.15, -0.1) is 11.3 Å². The summed E-state index contributed by atoms with van der Waals surface area (Å²) in [5.74, 6) is 0. The van der Waals surface area contributed by atoms with Crippen LogP contribution in [0.4, 0.5) is 0 Å². The van der Waals surface area contributed by atoms with Crippen molar-refractivity contribution in [1.29, 1.82) is 0 Å². The number of hydrogen-bond donors (Lipinski definition) is 0. The lowest BCUT2D eigenvalue weighted by molar-refractivity contribution is -0.697. The zero-order valence-electron chi connectivity index (χ0n) is 15.1. The van der Waals surface area contributed by atoms with Crippen molar-refractivity contribution in [2.75, 3.05) is 0 Å². The number of rotatable bonds is 5. The highest BCUT2D eigenvalue weighted by Crippen LogP contribution is 2.38. The van der Waals surface area contributed by atoms with Crippen molar-refractivity contribution in [3.8, 4) is 20.9 Å². The molecule has 2 heteroatoms. The summed E-state index contributed by atoms with van der Waals surface area (Å²) in [5.41, 5.74) is 6.72. The van der Waals surface area contributed by atoms with Crippen molar-refractivity contribution in [1.82, 2.24) is 0 Å². The molecule has 1 nitrogen and oxygen atoms in total. The van der Waals surface area contributed by atoms with Crippen LogP contribution < -0.4 is 4.57 Å². The lowest BCUT2D eigenvalue weighted by Crippen LogP contribution is -2.32. The third-order valence-corrected chi connectivity index (χ3v) is 5.97. The highest BCUT2D eigenvalue weighted by Gasteiger charge is 2.11. The Balaban J connectivity index is 1.89. The Morgan fingerprint density at radius 1 is 0.833 bits per heavy atom. The minimum Gasteiger partial charge on any atom is -0.205 e. The summed E-state index contributed by atoms with van der Waals surface area (Å²) in [4.78, 5) is 2.74. The monoisotopic (exact) mass is 336 g/mol. The van der Waals surface area contributed by atoms with E-state index in [0.717, 1.165) is 6.54 Å². The number of nitrogens with zero attached hydrogens (tertiary/aromatic N) is 1. The van der Waals surface area contributed by atoms with Gasteiger partial charge in [0.25, 0.3) is 0 Å². The van der Waals surface area contributed by atoms with Crippen LogP contribution in [0.5, 0.6) is 0 Å². The van der Waals surface area contributed by atoms with Crippen molar-refractivity contribution in [2.24, 2.45) is 0 Å². The topological polar surface area (TPSA) is 3.88 Å². The van der Waals surface area contributed by atoms with Crippen molar-refractivity contribution < 1.29 is 4.57 Å². The van der Waals surface area contributed by atoms with Crippen molar-refractivity contribution in [2.45, 2.75) is 47.1 Å². The van der Waals surface area contributed by atoms with Gasteiger partial charge in [0.15, 0.2) is 12.4 Å². The first kappa shape index (κ1) is 16.9. The maximum Gasteiger partial charge on any atom is 0.169 e. The van der Waals surface area contributed by atoms with Crippen LogP contribution in [0.2, 0.25) is 0 Å². The van der Waals surface area contributed by atoms with Gasteiger partial charge in [0, 0.05) is 33.9 Å². The maximum atomic E-state index is 2.32. The third-order valence-electron chi connectivity index (χ3n) is 4.63. The van der Waals surface area contributed by atoms with Crippen molar-refractivity contribution in [3.63, 3.8) is 0 Å². The molecule has 3 aromatic rings. The fourth-order valence-corrected chi connectivity index (χ4v) is 4.08. The van der Waals surface area contributed by atoms with E-state index >= 15 is 0 Å². The van der Waals surface area contributed by atoms with E-state index in [1.54, 1.807) is 0 Å². The second-order valence-corrected chi connectivity index (χ2v) is 7.65. The average molecular weight is 337 g/mol. The van der Waals surface area contributed by atoms with E-state index in [4.69, 9.17) is 0 Å². The Morgan fingerprint density at radius 2 is 1.58 bits per heavy atom. The molecule has 3 rings (SSSR count). The number of hydrogen-bond acceptors (Lipinski definition) is 1. The number of thiophene rings is 1. The number of aryl methyl sites for hydroxylation is 4. The number of aromatic nitrogens is 1.